The molecule has 1 heterocycles. The summed E-state index contributed by atoms with van der Waals surface area (Å²) < 4.78 is 5.33. The van der Waals surface area contributed by atoms with Crippen molar-refractivity contribution in [3.63, 3.8) is 0 Å². The van der Waals surface area contributed by atoms with Crippen molar-refractivity contribution in [3.8, 4) is 0 Å². The van der Waals surface area contributed by atoms with Crippen LogP contribution in [0.4, 0.5) is 11.4 Å². The van der Waals surface area contributed by atoms with E-state index in [4.69, 9.17) is 5.73 Å². The molecule has 0 atom stereocenters. The molecule has 3 N–H and O–H groups in total. The van der Waals surface area contributed by atoms with Crippen molar-refractivity contribution < 1.29 is 9.32 Å². The van der Waals surface area contributed by atoms with Gasteiger partial charge in [-0.25, -0.2) is 0 Å². The SMILES string of the molecule is Nc1ccc(Br)c(NC(=O)c2ccon2)c1. The maximum absolute atomic E-state index is 11.6. The molecule has 0 unspecified atom stereocenters. The number of rotatable bonds is 2. The summed E-state index contributed by atoms with van der Waals surface area (Å²) in [5.41, 5.74) is 6.99. The second kappa shape index (κ2) is 4.36. The number of hydrogen-bond acceptors (Lipinski definition) is 4. The van der Waals surface area contributed by atoms with Crippen LogP contribution in [-0.4, -0.2) is 11.1 Å². The summed E-state index contributed by atoms with van der Waals surface area (Å²) in [4.78, 5) is 11.6. The first kappa shape index (κ1) is 10.7. The fourth-order valence-electron chi connectivity index (χ4n) is 1.15. The lowest BCUT2D eigenvalue weighted by molar-refractivity contribution is 0.101. The molecule has 0 fully saturated rings. The van der Waals surface area contributed by atoms with E-state index >= 15 is 0 Å². The lowest BCUT2D eigenvalue weighted by atomic mass is 10.2. The van der Waals surface area contributed by atoms with Crippen molar-refractivity contribution in [2.45, 2.75) is 0 Å². The Morgan fingerprint density at radius 1 is 1.44 bits per heavy atom. The van der Waals surface area contributed by atoms with Crippen LogP contribution >= 0.6 is 15.9 Å². The van der Waals surface area contributed by atoms with Crippen LogP contribution in [0.15, 0.2) is 39.5 Å². The first-order valence-electron chi connectivity index (χ1n) is 4.43. The third-order valence-corrected chi connectivity index (χ3v) is 2.60. The minimum absolute atomic E-state index is 0.217. The molecule has 0 aliphatic rings. The number of nitrogens with two attached hydrogens (primary N) is 1. The van der Waals surface area contributed by atoms with Gasteiger partial charge in [-0.2, -0.15) is 0 Å². The molecule has 16 heavy (non-hydrogen) atoms. The van der Waals surface area contributed by atoms with E-state index in [-0.39, 0.29) is 11.6 Å². The highest BCUT2D eigenvalue weighted by atomic mass is 79.9. The topological polar surface area (TPSA) is 81.1 Å². The van der Waals surface area contributed by atoms with Gasteiger partial charge >= 0.3 is 0 Å². The molecule has 6 heteroatoms. The summed E-state index contributed by atoms with van der Waals surface area (Å²) in [6.45, 7) is 0. The zero-order valence-electron chi connectivity index (χ0n) is 8.11. The van der Waals surface area contributed by atoms with Crippen LogP contribution < -0.4 is 11.1 Å². The number of benzene rings is 1. The molecule has 5 nitrogen and oxygen atoms in total. The van der Waals surface area contributed by atoms with Gasteiger partial charge in [0.25, 0.3) is 5.91 Å². The first-order valence-corrected chi connectivity index (χ1v) is 5.23. The fourth-order valence-corrected chi connectivity index (χ4v) is 1.50. The van der Waals surface area contributed by atoms with Crippen LogP contribution in [0.5, 0.6) is 0 Å². The molecule has 1 aromatic carbocycles. The number of nitrogens with zero attached hydrogens (tertiary/aromatic N) is 1. The third kappa shape index (κ3) is 2.22. The van der Waals surface area contributed by atoms with Crippen molar-refractivity contribution in [1.29, 1.82) is 0 Å². The quantitative estimate of drug-likeness (QED) is 0.828. The summed E-state index contributed by atoms with van der Waals surface area (Å²) in [6, 6.07) is 6.63. The molecule has 82 valence electrons. The van der Waals surface area contributed by atoms with Gasteiger partial charge in [0.1, 0.15) is 6.26 Å². The molecule has 0 bridgehead atoms. The molecule has 1 amide bonds. The van der Waals surface area contributed by atoms with E-state index < -0.39 is 0 Å². The molecular weight excluding hydrogens is 274 g/mol. The predicted octanol–water partition coefficient (Wildman–Crippen LogP) is 2.27. The molecule has 0 spiro atoms. The Balaban J connectivity index is 2.21. The number of carbonyl (C=O) groups is 1. The Morgan fingerprint density at radius 2 is 2.25 bits per heavy atom. The molecule has 2 rings (SSSR count). The monoisotopic (exact) mass is 281 g/mol. The minimum Gasteiger partial charge on any atom is -0.399 e. The highest BCUT2D eigenvalue weighted by Crippen LogP contribution is 2.24. The number of aromatic nitrogens is 1. The fraction of sp³-hybridized carbons (Fsp3) is 0. The summed E-state index contributed by atoms with van der Waals surface area (Å²) >= 11 is 3.31. The van der Waals surface area contributed by atoms with Crippen molar-refractivity contribution in [2.24, 2.45) is 0 Å². The van der Waals surface area contributed by atoms with Crippen molar-refractivity contribution in [3.05, 3.63) is 40.7 Å². The summed E-state index contributed by atoms with van der Waals surface area (Å²) in [7, 11) is 0. The van der Waals surface area contributed by atoms with Crippen LogP contribution in [0.1, 0.15) is 10.5 Å². The zero-order valence-corrected chi connectivity index (χ0v) is 9.69. The number of nitrogens with one attached hydrogen (secondary N) is 1. The molecule has 0 saturated heterocycles. The third-order valence-electron chi connectivity index (χ3n) is 1.91. The maximum atomic E-state index is 11.6. The van der Waals surface area contributed by atoms with Crippen LogP contribution in [0.25, 0.3) is 0 Å². The summed E-state index contributed by atoms with van der Waals surface area (Å²) in [6.07, 6.45) is 1.34. The van der Waals surface area contributed by atoms with E-state index in [2.05, 4.69) is 30.9 Å². The molecule has 0 saturated carbocycles. The Labute approximate surface area is 99.7 Å². The summed E-state index contributed by atoms with van der Waals surface area (Å²) in [5.74, 6) is -0.347. The average molecular weight is 282 g/mol. The molecule has 0 aliphatic heterocycles. The van der Waals surface area contributed by atoms with E-state index in [0.717, 1.165) is 4.47 Å². The van der Waals surface area contributed by atoms with E-state index in [9.17, 15) is 4.79 Å². The van der Waals surface area contributed by atoms with E-state index in [1.807, 2.05) is 0 Å². The van der Waals surface area contributed by atoms with Crippen molar-refractivity contribution >= 4 is 33.2 Å². The lowest BCUT2D eigenvalue weighted by Gasteiger charge is -2.06. The van der Waals surface area contributed by atoms with Crippen LogP contribution in [-0.2, 0) is 0 Å². The summed E-state index contributed by atoms with van der Waals surface area (Å²) in [5, 5.41) is 6.20. The van der Waals surface area contributed by atoms with Gasteiger partial charge in [-0.15, -0.1) is 0 Å². The number of nitrogen functional groups attached to an aromatic ring is 1. The Bertz CT molecular complexity index is 511. The molecule has 1 aromatic heterocycles. The molecule has 0 radical (unpaired) electrons. The lowest BCUT2D eigenvalue weighted by Crippen LogP contribution is -2.12. The second-order valence-corrected chi connectivity index (χ2v) is 3.93. The molecular formula is C10H8BrN3O2. The van der Waals surface area contributed by atoms with Gasteiger partial charge in [0.05, 0.1) is 5.69 Å². The molecule has 2 aromatic rings. The largest absolute Gasteiger partial charge is 0.399 e. The van der Waals surface area contributed by atoms with E-state index in [1.54, 1.807) is 18.2 Å². The number of amides is 1. The van der Waals surface area contributed by atoms with Gasteiger partial charge in [0.15, 0.2) is 5.69 Å². The standard InChI is InChI=1S/C10H8BrN3O2/c11-7-2-1-6(12)5-9(7)13-10(15)8-3-4-16-14-8/h1-5H,12H2,(H,13,15). The van der Waals surface area contributed by atoms with Gasteiger partial charge in [0.2, 0.25) is 0 Å². The minimum atomic E-state index is -0.347. The highest BCUT2D eigenvalue weighted by molar-refractivity contribution is 9.10. The normalized spacial score (nSPS) is 10.1. The predicted molar refractivity (Wildman–Crippen MR) is 63.0 cm³/mol. The second-order valence-electron chi connectivity index (χ2n) is 3.08. The Kier molecular flexibility index (Phi) is 2.91. The Morgan fingerprint density at radius 3 is 2.94 bits per heavy atom. The van der Waals surface area contributed by atoms with Crippen LogP contribution in [0, 0.1) is 0 Å². The van der Waals surface area contributed by atoms with Crippen molar-refractivity contribution in [2.75, 3.05) is 11.1 Å². The molecule has 0 aliphatic carbocycles. The van der Waals surface area contributed by atoms with E-state index in [1.165, 1.54) is 12.3 Å². The number of anilines is 2. The van der Waals surface area contributed by atoms with Gasteiger partial charge in [0, 0.05) is 16.2 Å². The first-order chi connectivity index (χ1) is 7.66. The van der Waals surface area contributed by atoms with Gasteiger partial charge < -0.3 is 15.6 Å². The number of hydrogen-bond donors (Lipinski definition) is 2. The van der Waals surface area contributed by atoms with Crippen molar-refractivity contribution in [1.82, 2.24) is 5.16 Å². The van der Waals surface area contributed by atoms with Gasteiger partial charge in [-0.1, -0.05) is 5.16 Å². The number of carbonyl (C=O) groups excluding carboxylic acids is 1. The zero-order chi connectivity index (χ0) is 11.5. The average Bonchev–Trinajstić information content (AvgIpc) is 2.76. The Hall–Kier alpha value is -1.82. The van der Waals surface area contributed by atoms with Crippen LogP contribution in [0.2, 0.25) is 0 Å². The smallest absolute Gasteiger partial charge is 0.277 e. The van der Waals surface area contributed by atoms with Gasteiger partial charge in [-0.05, 0) is 34.1 Å². The van der Waals surface area contributed by atoms with Gasteiger partial charge in [-0.3, -0.25) is 4.79 Å². The van der Waals surface area contributed by atoms with Crippen LogP contribution in [0.3, 0.4) is 0 Å². The number of halogens is 1. The maximum Gasteiger partial charge on any atom is 0.277 e. The highest BCUT2D eigenvalue weighted by Gasteiger charge is 2.10. The van der Waals surface area contributed by atoms with E-state index in [0.29, 0.717) is 11.4 Å².